The van der Waals surface area contributed by atoms with Crippen molar-refractivity contribution in [3.05, 3.63) is 65.7 Å². The zero-order valence-corrected chi connectivity index (χ0v) is 16.0. The molecule has 2 aromatic rings. The van der Waals surface area contributed by atoms with E-state index in [-0.39, 0.29) is 11.9 Å². The van der Waals surface area contributed by atoms with Gasteiger partial charge in [0.15, 0.2) is 0 Å². The molecule has 4 heteroatoms. The van der Waals surface area contributed by atoms with Crippen molar-refractivity contribution >= 4 is 5.91 Å². The van der Waals surface area contributed by atoms with Crippen LogP contribution in [0.3, 0.4) is 0 Å². The molecule has 4 nitrogen and oxygen atoms in total. The molecule has 0 spiro atoms. The van der Waals surface area contributed by atoms with Crippen LogP contribution in [-0.2, 0) is 17.8 Å². The maximum atomic E-state index is 12.9. The van der Waals surface area contributed by atoms with E-state index in [0.29, 0.717) is 13.0 Å². The number of benzene rings is 2. The lowest BCUT2D eigenvalue weighted by atomic mass is 10.1. The van der Waals surface area contributed by atoms with Crippen molar-refractivity contribution in [1.29, 1.82) is 0 Å². The highest BCUT2D eigenvalue weighted by atomic mass is 16.5. The number of nitrogens with zero attached hydrogens (tertiary/aromatic N) is 2. The fourth-order valence-electron chi connectivity index (χ4n) is 3.92. The first kappa shape index (κ1) is 18.1. The summed E-state index contributed by atoms with van der Waals surface area (Å²) in [5, 5.41) is 0. The van der Waals surface area contributed by atoms with Crippen LogP contribution in [-0.4, -0.2) is 47.4 Å². The zero-order valence-electron chi connectivity index (χ0n) is 16.0. The van der Waals surface area contributed by atoms with Gasteiger partial charge in [0.05, 0.1) is 6.42 Å². The predicted octanol–water partition coefficient (Wildman–Crippen LogP) is 3.50. The molecule has 0 radical (unpaired) electrons. The van der Waals surface area contributed by atoms with E-state index in [0.717, 1.165) is 42.6 Å². The molecule has 2 aromatic carbocycles. The number of hydrogen-bond acceptors (Lipinski definition) is 3. The molecule has 0 aromatic heterocycles. The summed E-state index contributed by atoms with van der Waals surface area (Å²) in [6, 6.07) is 19.1. The number of hydrogen-bond donors (Lipinski definition) is 0. The van der Waals surface area contributed by atoms with Gasteiger partial charge in [0.2, 0.25) is 5.91 Å². The molecular formula is C23H28N2O2. The molecule has 0 bridgehead atoms. The van der Waals surface area contributed by atoms with Crippen LogP contribution in [0.5, 0.6) is 5.75 Å². The summed E-state index contributed by atoms with van der Waals surface area (Å²) >= 11 is 0. The van der Waals surface area contributed by atoms with E-state index in [1.807, 2.05) is 47.4 Å². The average Bonchev–Trinajstić information content (AvgIpc) is 3.53. The third-order valence-corrected chi connectivity index (χ3v) is 5.59. The molecule has 2 aliphatic rings. The zero-order chi connectivity index (χ0) is 18.6. The number of carbonyl (C=O) groups is 1. The lowest BCUT2D eigenvalue weighted by Crippen LogP contribution is -2.54. The Morgan fingerprint density at radius 1 is 1.04 bits per heavy atom. The van der Waals surface area contributed by atoms with E-state index >= 15 is 0 Å². The Bertz CT molecular complexity index is 773. The van der Waals surface area contributed by atoms with Crippen molar-refractivity contribution in [2.45, 2.75) is 44.9 Å². The highest BCUT2D eigenvalue weighted by Crippen LogP contribution is 2.29. The molecule has 1 saturated heterocycles. The topological polar surface area (TPSA) is 32.8 Å². The standard InChI is InChI=1S/C23H28N2O2/c1-18-16-24(21-11-12-21)13-14-25(18)23(26)15-20-9-5-6-10-22(20)27-17-19-7-3-2-4-8-19/h2-10,18,21H,11-17H2,1H3. The highest BCUT2D eigenvalue weighted by Gasteiger charge is 2.35. The quantitative estimate of drug-likeness (QED) is 0.786. The molecular weight excluding hydrogens is 336 g/mol. The Morgan fingerprint density at radius 2 is 1.78 bits per heavy atom. The van der Waals surface area contributed by atoms with Gasteiger partial charge in [0.1, 0.15) is 12.4 Å². The SMILES string of the molecule is CC1CN(C2CC2)CCN1C(=O)Cc1ccccc1OCc1ccccc1. The van der Waals surface area contributed by atoms with Gasteiger partial charge in [-0.2, -0.15) is 0 Å². The van der Waals surface area contributed by atoms with Gasteiger partial charge in [0.25, 0.3) is 0 Å². The maximum Gasteiger partial charge on any atom is 0.227 e. The minimum Gasteiger partial charge on any atom is -0.489 e. The summed E-state index contributed by atoms with van der Waals surface area (Å²) < 4.78 is 6.02. The molecule has 1 amide bonds. The number of carbonyl (C=O) groups excluding carboxylic acids is 1. The van der Waals surface area contributed by atoms with Crippen LogP contribution in [0.1, 0.15) is 30.9 Å². The van der Waals surface area contributed by atoms with Crippen molar-refractivity contribution in [1.82, 2.24) is 9.80 Å². The van der Waals surface area contributed by atoms with E-state index < -0.39 is 0 Å². The van der Waals surface area contributed by atoms with Crippen LogP contribution in [0.2, 0.25) is 0 Å². The molecule has 1 heterocycles. The Balaban J connectivity index is 1.38. The first-order valence-electron chi connectivity index (χ1n) is 9.99. The number of amides is 1. The van der Waals surface area contributed by atoms with Crippen LogP contribution in [0.25, 0.3) is 0 Å². The number of piperazine rings is 1. The van der Waals surface area contributed by atoms with E-state index in [1.54, 1.807) is 0 Å². The molecule has 142 valence electrons. The molecule has 0 N–H and O–H groups in total. The number of para-hydroxylation sites is 1. The minimum atomic E-state index is 0.203. The number of rotatable bonds is 6. The molecule has 1 saturated carbocycles. The molecule has 4 rings (SSSR count). The van der Waals surface area contributed by atoms with Crippen LogP contribution < -0.4 is 4.74 Å². The van der Waals surface area contributed by atoms with Crippen LogP contribution in [0.4, 0.5) is 0 Å². The fourth-order valence-corrected chi connectivity index (χ4v) is 3.92. The van der Waals surface area contributed by atoms with E-state index in [1.165, 1.54) is 12.8 Å². The summed E-state index contributed by atoms with van der Waals surface area (Å²) in [6.07, 6.45) is 3.05. The average molecular weight is 364 g/mol. The van der Waals surface area contributed by atoms with Crippen molar-refractivity contribution in [2.24, 2.45) is 0 Å². The Hall–Kier alpha value is -2.33. The monoisotopic (exact) mass is 364 g/mol. The van der Waals surface area contributed by atoms with E-state index in [2.05, 4.69) is 24.0 Å². The normalized spacial score (nSPS) is 20.5. The van der Waals surface area contributed by atoms with Crippen LogP contribution in [0, 0.1) is 0 Å². The minimum absolute atomic E-state index is 0.203. The lowest BCUT2D eigenvalue weighted by Gasteiger charge is -2.40. The van der Waals surface area contributed by atoms with Gasteiger partial charge >= 0.3 is 0 Å². The molecule has 1 unspecified atom stereocenters. The molecule has 1 aliphatic heterocycles. The predicted molar refractivity (Wildman–Crippen MR) is 107 cm³/mol. The largest absolute Gasteiger partial charge is 0.489 e. The molecule has 27 heavy (non-hydrogen) atoms. The van der Waals surface area contributed by atoms with Gasteiger partial charge in [-0.15, -0.1) is 0 Å². The second kappa shape index (κ2) is 8.13. The van der Waals surface area contributed by atoms with E-state index in [4.69, 9.17) is 4.74 Å². The summed E-state index contributed by atoms with van der Waals surface area (Å²) in [6.45, 7) is 5.53. The third-order valence-electron chi connectivity index (χ3n) is 5.59. The Morgan fingerprint density at radius 3 is 2.52 bits per heavy atom. The molecule has 1 aliphatic carbocycles. The Labute approximate surface area is 161 Å². The molecule has 2 fully saturated rings. The lowest BCUT2D eigenvalue weighted by molar-refractivity contribution is -0.135. The third kappa shape index (κ3) is 4.51. The summed E-state index contributed by atoms with van der Waals surface area (Å²) in [4.78, 5) is 17.5. The van der Waals surface area contributed by atoms with Crippen LogP contribution >= 0.6 is 0 Å². The Kier molecular flexibility index (Phi) is 5.44. The van der Waals surface area contributed by atoms with Crippen molar-refractivity contribution in [3.63, 3.8) is 0 Å². The fraction of sp³-hybridized carbons (Fsp3) is 0.435. The summed E-state index contributed by atoms with van der Waals surface area (Å²) in [7, 11) is 0. The summed E-state index contributed by atoms with van der Waals surface area (Å²) in [5.41, 5.74) is 2.10. The first-order chi connectivity index (χ1) is 13.2. The van der Waals surface area contributed by atoms with Crippen molar-refractivity contribution in [2.75, 3.05) is 19.6 Å². The van der Waals surface area contributed by atoms with Gasteiger partial charge in [0, 0.05) is 37.3 Å². The second-order valence-corrected chi connectivity index (χ2v) is 7.72. The van der Waals surface area contributed by atoms with Crippen molar-refractivity contribution < 1.29 is 9.53 Å². The van der Waals surface area contributed by atoms with E-state index in [9.17, 15) is 4.79 Å². The van der Waals surface area contributed by atoms with Gasteiger partial charge in [-0.3, -0.25) is 9.69 Å². The smallest absolute Gasteiger partial charge is 0.227 e. The molecule has 1 atom stereocenters. The summed E-state index contributed by atoms with van der Waals surface area (Å²) in [5.74, 6) is 1.01. The van der Waals surface area contributed by atoms with Gasteiger partial charge < -0.3 is 9.64 Å². The first-order valence-corrected chi connectivity index (χ1v) is 9.99. The van der Waals surface area contributed by atoms with Gasteiger partial charge in [-0.05, 0) is 31.4 Å². The number of ether oxygens (including phenoxy) is 1. The second-order valence-electron chi connectivity index (χ2n) is 7.72. The van der Waals surface area contributed by atoms with Crippen molar-refractivity contribution in [3.8, 4) is 5.75 Å². The van der Waals surface area contributed by atoms with Crippen LogP contribution in [0.15, 0.2) is 54.6 Å². The highest BCUT2D eigenvalue weighted by molar-refractivity contribution is 5.80. The van der Waals surface area contributed by atoms with Gasteiger partial charge in [-0.25, -0.2) is 0 Å². The maximum absolute atomic E-state index is 12.9. The van der Waals surface area contributed by atoms with Gasteiger partial charge in [-0.1, -0.05) is 48.5 Å².